The van der Waals surface area contributed by atoms with E-state index in [1.54, 1.807) is 0 Å². The Morgan fingerprint density at radius 2 is 1.88 bits per heavy atom. The first kappa shape index (κ1) is 14.9. The maximum Gasteiger partial charge on any atom is 0.152 e. The molecule has 0 unspecified atom stereocenters. The lowest BCUT2D eigenvalue weighted by molar-refractivity contribution is 0.0277. The number of H-pyrrole nitrogens is 1. The van der Waals surface area contributed by atoms with Crippen molar-refractivity contribution in [2.45, 2.75) is 6.10 Å². The topological polar surface area (TPSA) is 62.0 Å². The molecule has 0 saturated carbocycles. The van der Waals surface area contributed by atoms with E-state index in [2.05, 4.69) is 57.2 Å². The van der Waals surface area contributed by atoms with Gasteiger partial charge in [-0.25, -0.2) is 0 Å². The fourth-order valence-corrected chi connectivity index (χ4v) is 2.86. The van der Waals surface area contributed by atoms with Crippen LogP contribution in [0, 0.1) is 0 Å². The van der Waals surface area contributed by atoms with E-state index in [0.29, 0.717) is 0 Å². The zero-order valence-corrected chi connectivity index (χ0v) is 13.3. The van der Waals surface area contributed by atoms with Gasteiger partial charge in [0.15, 0.2) is 5.82 Å². The molecule has 0 amide bonds. The average Bonchev–Trinajstić information content (AvgIpc) is 3.12. The van der Waals surface area contributed by atoms with Gasteiger partial charge in [-0.2, -0.15) is 5.10 Å². The summed E-state index contributed by atoms with van der Waals surface area (Å²) in [5.74, 6) is 0.803. The van der Waals surface area contributed by atoms with Gasteiger partial charge in [0, 0.05) is 24.8 Å². The van der Waals surface area contributed by atoms with Crippen molar-refractivity contribution in [3.05, 3.63) is 66.2 Å². The molecule has 1 aliphatic rings. The summed E-state index contributed by atoms with van der Waals surface area (Å²) >= 11 is 0. The maximum absolute atomic E-state index is 5.77. The minimum absolute atomic E-state index is 0.142. The zero-order chi connectivity index (χ0) is 16.2. The van der Waals surface area contributed by atoms with E-state index in [1.807, 2.05) is 24.3 Å². The Morgan fingerprint density at radius 1 is 1.04 bits per heavy atom. The Labute approximate surface area is 141 Å². The van der Waals surface area contributed by atoms with Crippen LogP contribution < -0.4 is 10.6 Å². The Bertz CT molecular complexity index is 777. The highest BCUT2D eigenvalue weighted by Gasteiger charge is 2.15. The fraction of sp³-hybridized carbons (Fsp3) is 0.211. The summed E-state index contributed by atoms with van der Waals surface area (Å²) in [6.07, 6.45) is 0.142. The first-order valence-electron chi connectivity index (χ1n) is 8.19. The van der Waals surface area contributed by atoms with Gasteiger partial charge in [0.05, 0.1) is 18.4 Å². The summed E-state index contributed by atoms with van der Waals surface area (Å²) in [4.78, 5) is 0. The van der Waals surface area contributed by atoms with E-state index >= 15 is 0 Å². The minimum atomic E-state index is 0.142. The molecule has 1 saturated heterocycles. The third-order valence-electron chi connectivity index (χ3n) is 4.15. The summed E-state index contributed by atoms with van der Waals surface area (Å²) in [5.41, 5.74) is 4.32. The summed E-state index contributed by atoms with van der Waals surface area (Å²) in [6, 6.07) is 20.5. The van der Waals surface area contributed by atoms with E-state index in [4.69, 9.17) is 4.74 Å². The molecule has 4 rings (SSSR count). The van der Waals surface area contributed by atoms with Crippen LogP contribution >= 0.6 is 0 Å². The van der Waals surface area contributed by atoms with Crippen LogP contribution in [0.5, 0.6) is 0 Å². The van der Waals surface area contributed by atoms with Crippen molar-refractivity contribution in [3.8, 4) is 11.3 Å². The lowest BCUT2D eigenvalue weighted by Crippen LogP contribution is -2.33. The summed E-state index contributed by atoms with van der Waals surface area (Å²) in [5, 5.41) is 14.1. The Hall–Kier alpha value is -2.63. The van der Waals surface area contributed by atoms with Crippen LogP contribution in [0.15, 0.2) is 60.7 Å². The third-order valence-corrected chi connectivity index (χ3v) is 4.15. The van der Waals surface area contributed by atoms with Crippen LogP contribution in [0.4, 0.5) is 11.5 Å². The van der Waals surface area contributed by atoms with E-state index in [0.717, 1.165) is 42.5 Å². The number of aromatic amines is 1. The molecule has 2 heterocycles. The number of hydrogen-bond donors (Lipinski definition) is 3. The van der Waals surface area contributed by atoms with Crippen LogP contribution in [0.2, 0.25) is 0 Å². The molecule has 5 heteroatoms. The van der Waals surface area contributed by atoms with Crippen LogP contribution in [0.1, 0.15) is 11.7 Å². The fourth-order valence-electron chi connectivity index (χ4n) is 2.86. The number of nitrogens with zero attached hydrogens (tertiary/aromatic N) is 1. The molecule has 0 aliphatic carbocycles. The number of nitrogens with one attached hydrogen (secondary N) is 3. The number of hydrogen-bond acceptors (Lipinski definition) is 4. The first-order valence-corrected chi connectivity index (χ1v) is 8.19. The number of anilines is 2. The zero-order valence-electron chi connectivity index (χ0n) is 13.3. The van der Waals surface area contributed by atoms with Gasteiger partial charge < -0.3 is 15.4 Å². The number of rotatable bonds is 4. The smallest absolute Gasteiger partial charge is 0.152 e. The second kappa shape index (κ2) is 6.86. The summed E-state index contributed by atoms with van der Waals surface area (Å²) < 4.78 is 5.77. The van der Waals surface area contributed by atoms with Gasteiger partial charge in [0.1, 0.15) is 0 Å². The van der Waals surface area contributed by atoms with Crippen LogP contribution in [-0.2, 0) is 4.74 Å². The molecule has 1 atom stereocenters. The van der Waals surface area contributed by atoms with Gasteiger partial charge in [0.2, 0.25) is 0 Å². The largest absolute Gasteiger partial charge is 0.371 e. The second-order valence-electron chi connectivity index (χ2n) is 5.84. The number of ether oxygens (including phenoxy) is 1. The molecule has 0 bridgehead atoms. The molecule has 0 radical (unpaired) electrons. The predicted molar refractivity (Wildman–Crippen MR) is 95.3 cm³/mol. The van der Waals surface area contributed by atoms with Crippen molar-refractivity contribution in [3.63, 3.8) is 0 Å². The first-order chi connectivity index (χ1) is 11.9. The highest BCUT2D eigenvalue weighted by molar-refractivity contribution is 5.65. The highest BCUT2D eigenvalue weighted by atomic mass is 16.5. The van der Waals surface area contributed by atoms with Gasteiger partial charge in [-0.05, 0) is 23.3 Å². The van der Waals surface area contributed by atoms with E-state index in [1.165, 1.54) is 5.56 Å². The molecule has 3 N–H and O–H groups in total. The molecule has 0 spiro atoms. The lowest BCUT2D eigenvalue weighted by atomic mass is 10.1. The molecule has 3 aromatic rings. The summed E-state index contributed by atoms with van der Waals surface area (Å²) in [6.45, 7) is 2.56. The van der Waals surface area contributed by atoms with Gasteiger partial charge in [0.25, 0.3) is 0 Å². The Balaban J connectivity index is 1.45. The maximum atomic E-state index is 5.77. The van der Waals surface area contributed by atoms with Crippen molar-refractivity contribution in [1.82, 2.24) is 15.5 Å². The number of aromatic nitrogens is 2. The van der Waals surface area contributed by atoms with E-state index < -0.39 is 0 Å². The SMILES string of the molecule is c1ccc(-c2cc(Nc3ccc([C@H]4CNCCO4)cc3)n[nH]2)cc1. The normalized spacial score (nSPS) is 17.6. The third kappa shape index (κ3) is 3.32. The molecular formula is C19H20N4O. The predicted octanol–water partition coefficient (Wildman–Crippen LogP) is 3.48. The molecular weight excluding hydrogens is 300 g/mol. The number of morpholine rings is 1. The van der Waals surface area contributed by atoms with Gasteiger partial charge in [-0.15, -0.1) is 0 Å². The number of benzene rings is 2. The van der Waals surface area contributed by atoms with Gasteiger partial charge >= 0.3 is 0 Å². The molecule has 1 fully saturated rings. The van der Waals surface area contributed by atoms with Crippen LogP contribution in [0.25, 0.3) is 11.3 Å². The second-order valence-corrected chi connectivity index (χ2v) is 5.84. The van der Waals surface area contributed by atoms with Crippen LogP contribution in [-0.4, -0.2) is 29.9 Å². The van der Waals surface area contributed by atoms with Gasteiger partial charge in [-0.1, -0.05) is 42.5 Å². The minimum Gasteiger partial charge on any atom is -0.371 e. The molecule has 5 nitrogen and oxygen atoms in total. The van der Waals surface area contributed by atoms with Crippen molar-refractivity contribution >= 4 is 11.5 Å². The lowest BCUT2D eigenvalue weighted by Gasteiger charge is -2.24. The van der Waals surface area contributed by atoms with Crippen LogP contribution in [0.3, 0.4) is 0 Å². The van der Waals surface area contributed by atoms with Crippen molar-refractivity contribution < 1.29 is 4.74 Å². The molecule has 24 heavy (non-hydrogen) atoms. The summed E-state index contributed by atoms with van der Waals surface area (Å²) in [7, 11) is 0. The van der Waals surface area contributed by atoms with Crippen molar-refractivity contribution in [2.75, 3.05) is 25.0 Å². The quantitative estimate of drug-likeness (QED) is 0.689. The Kier molecular flexibility index (Phi) is 4.27. The van der Waals surface area contributed by atoms with Crippen molar-refractivity contribution in [2.24, 2.45) is 0 Å². The van der Waals surface area contributed by atoms with Gasteiger partial charge in [-0.3, -0.25) is 5.10 Å². The molecule has 122 valence electrons. The molecule has 2 aromatic carbocycles. The highest BCUT2D eigenvalue weighted by Crippen LogP contribution is 2.24. The molecule has 1 aromatic heterocycles. The van der Waals surface area contributed by atoms with Crippen molar-refractivity contribution in [1.29, 1.82) is 0 Å². The Morgan fingerprint density at radius 3 is 2.62 bits per heavy atom. The van der Waals surface area contributed by atoms with E-state index in [9.17, 15) is 0 Å². The standard InChI is InChI=1S/C19H20N4O/c1-2-4-14(5-3-1)17-12-19(23-22-17)21-16-8-6-15(7-9-16)18-13-20-10-11-24-18/h1-9,12,18,20H,10-11,13H2,(H2,21,22,23)/t18-/m1/s1. The molecule has 1 aliphatic heterocycles. The average molecular weight is 320 g/mol. The van der Waals surface area contributed by atoms with E-state index in [-0.39, 0.29) is 6.10 Å². The monoisotopic (exact) mass is 320 g/mol.